The number of aromatic nitrogens is 4. The molecular weight excluding hydrogens is 1140 g/mol. The highest BCUT2D eigenvalue weighted by molar-refractivity contribution is 14.1. The highest BCUT2D eigenvalue weighted by Crippen LogP contribution is 2.39. The fourth-order valence-electron chi connectivity index (χ4n) is 6.98. The van der Waals surface area contributed by atoms with Gasteiger partial charge in [-0.1, -0.05) is 46.9 Å². The number of sulfone groups is 2. The van der Waals surface area contributed by atoms with Gasteiger partial charge in [-0.2, -0.15) is 0 Å². The topological polar surface area (TPSA) is 191 Å². The molecule has 0 unspecified atom stereocenters. The number of alkyl halides is 5. The molecule has 0 N–H and O–H groups in total. The van der Waals surface area contributed by atoms with Gasteiger partial charge in [0.1, 0.15) is 15.8 Å². The van der Waals surface area contributed by atoms with Crippen LogP contribution >= 0.6 is 38.5 Å². The zero-order valence-corrected chi connectivity index (χ0v) is 45.7. The van der Waals surface area contributed by atoms with Crippen molar-refractivity contribution in [1.29, 1.82) is 0 Å². The SMILES string of the molecule is CC(C)(C)OC(=O)C1(S(=O)(=O)c2ccc(-c3cnc(Br)cn3)cc2)CCOCC1.CC(F)(F)CCI.CC(F)(F)CCc1cnc(-c2ccc(S(=O)(=O)C3(C(=O)OC(C)(C)C)CCOCC3)cc2)cn1. The molecule has 2 aromatic heterocycles. The third-order valence-electron chi connectivity index (χ3n) is 10.8. The van der Waals surface area contributed by atoms with Crippen molar-refractivity contribution < 1.29 is 62.9 Å². The Bertz CT molecular complexity index is 2580. The van der Waals surface area contributed by atoms with Gasteiger partial charge in [0, 0.05) is 86.7 Å². The predicted octanol–water partition coefficient (Wildman–Crippen LogP) is 10.4. The van der Waals surface area contributed by atoms with Gasteiger partial charge in [-0.05, 0) is 102 Å². The van der Waals surface area contributed by atoms with E-state index in [4.69, 9.17) is 18.9 Å². The van der Waals surface area contributed by atoms with Crippen molar-refractivity contribution in [3.05, 3.63) is 83.6 Å². The number of rotatable bonds is 13. The lowest BCUT2D eigenvalue weighted by Gasteiger charge is -2.36. The maximum absolute atomic E-state index is 13.6. The van der Waals surface area contributed by atoms with Crippen LogP contribution in [0.1, 0.15) is 99.6 Å². The van der Waals surface area contributed by atoms with Crippen LogP contribution < -0.4 is 0 Å². The van der Waals surface area contributed by atoms with Crippen molar-refractivity contribution in [3.63, 3.8) is 0 Å². The molecule has 2 fully saturated rings. The number of carbonyl (C=O) groups is 2. The quantitative estimate of drug-likeness (QED) is 0.0532. The van der Waals surface area contributed by atoms with Gasteiger partial charge < -0.3 is 18.9 Å². The van der Waals surface area contributed by atoms with Gasteiger partial charge in [0.05, 0.1) is 45.5 Å². The van der Waals surface area contributed by atoms with Crippen LogP contribution in [0.2, 0.25) is 0 Å². The molecule has 14 nitrogen and oxygen atoms in total. The van der Waals surface area contributed by atoms with E-state index in [1.807, 2.05) is 22.6 Å². The standard InChI is InChI=1S/C24H30F2N2O5S.C20H23BrN2O5S.C4H7F2I/c1-22(2,3)33-21(29)24(11-13-32-14-12-24)34(30,31)19-7-5-17(6-8-19)20-16-27-18(15-28-20)9-10-23(4,25)26;1-19(2,3)28-18(24)20(8-10-27-11-9-20)29(25,26)15-6-4-14(5-7-15)16-12-23-17(21)13-22-16;1-4(5,6)2-3-7/h5-8,15-16H,9-14H2,1-4H3;4-7,12-13H,8-11H2,1-3H3;2-3H2,1H3. The fraction of sp³-hybridized carbons (Fsp3) is 0.542. The minimum Gasteiger partial charge on any atom is -0.459 e. The second-order valence-electron chi connectivity index (χ2n) is 19.0. The Morgan fingerprint density at radius 3 is 1.26 bits per heavy atom. The zero-order valence-electron chi connectivity index (χ0n) is 40.4. The number of aryl methyl sites for hydroxylation is 1. The molecular formula is C48H60BrF4IN4O10S2. The van der Waals surface area contributed by atoms with Gasteiger partial charge in [-0.3, -0.25) is 24.5 Å². The first kappa shape index (κ1) is 58.9. The maximum Gasteiger partial charge on any atom is 0.328 e. The summed E-state index contributed by atoms with van der Waals surface area (Å²) in [6.07, 6.45) is 5.97. The van der Waals surface area contributed by atoms with Crippen LogP contribution in [-0.2, 0) is 54.6 Å². The van der Waals surface area contributed by atoms with Crippen LogP contribution in [0.5, 0.6) is 0 Å². The van der Waals surface area contributed by atoms with E-state index in [0.717, 1.165) is 19.4 Å². The Labute approximate surface area is 430 Å². The van der Waals surface area contributed by atoms with Crippen molar-refractivity contribution in [2.75, 3.05) is 30.9 Å². The van der Waals surface area contributed by atoms with Gasteiger partial charge in [0.15, 0.2) is 29.2 Å². The van der Waals surface area contributed by atoms with Crippen molar-refractivity contribution in [3.8, 4) is 22.5 Å². The number of hydrogen-bond acceptors (Lipinski definition) is 14. The van der Waals surface area contributed by atoms with Crippen LogP contribution in [0.15, 0.2) is 87.7 Å². The molecule has 0 amide bonds. The summed E-state index contributed by atoms with van der Waals surface area (Å²) in [4.78, 5) is 43.0. The molecule has 0 radical (unpaired) electrons. The monoisotopic (exact) mass is 1200 g/mol. The molecule has 6 rings (SSSR count). The summed E-state index contributed by atoms with van der Waals surface area (Å²) in [7, 11) is -8.08. The molecule has 4 aromatic rings. The molecule has 70 heavy (non-hydrogen) atoms. The largest absolute Gasteiger partial charge is 0.459 e. The predicted molar refractivity (Wildman–Crippen MR) is 267 cm³/mol. The number of halogens is 6. The summed E-state index contributed by atoms with van der Waals surface area (Å²) in [5.41, 5.74) is 1.25. The average molecular weight is 1200 g/mol. The van der Waals surface area contributed by atoms with Crippen molar-refractivity contribution in [2.45, 2.75) is 143 Å². The summed E-state index contributed by atoms with van der Waals surface area (Å²) < 4.78 is 123. The number of carbonyl (C=O) groups excluding carboxylic acids is 2. The molecule has 2 aliphatic heterocycles. The fourth-order valence-corrected chi connectivity index (χ4v) is 12.0. The highest BCUT2D eigenvalue weighted by atomic mass is 127. The number of nitrogens with zero attached hydrogens (tertiary/aromatic N) is 4. The van der Waals surface area contributed by atoms with E-state index in [1.165, 1.54) is 36.7 Å². The minimum absolute atomic E-state index is 0.00114. The molecule has 0 bridgehead atoms. The number of esters is 2. The summed E-state index contributed by atoms with van der Waals surface area (Å²) in [6, 6.07) is 12.3. The van der Waals surface area contributed by atoms with Crippen LogP contribution in [0, 0.1) is 0 Å². The molecule has 2 aliphatic rings. The third-order valence-corrected chi connectivity index (χ3v) is 16.7. The molecule has 0 saturated carbocycles. The second kappa shape index (κ2) is 23.9. The van der Waals surface area contributed by atoms with Gasteiger partial charge in [-0.25, -0.2) is 39.4 Å². The average Bonchev–Trinajstić information content (AvgIpc) is 3.28. The number of benzene rings is 2. The first-order valence-electron chi connectivity index (χ1n) is 22.3. The molecule has 22 heteroatoms. The smallest absolute Gasteiger partial charge is 0.328 e. The Kier molecular flexibility index (Phi) is 20.1. The minimum atomic E-state index is -4.08. The Hall–Kier alpha value is -3.71. The lowest BCUT2D eigenvalue weighted by Crippen LogP contribution is -2.53. The van der Waals surface area contributed by atoms with Gasteiger partial charge in [0.25, 0.3) is 0 Å². The second-order valence-corrected chi connectivity index (χ2v) is 25.4. The van der Waals surface area contributed by atoms with E-state index >= 15 is 0 Å². The molecule has 4 heterocycles. The first-order chi connectivity index (χ1) is 32.3. The van der Waals surface area contributed by atoms with E-state index in [2.05, 4.69) is 35.9 Å². The highest BCUT2D eigenvalue weighted by Gasteiger charge is 2.55. The molecule has 0 spiro atoms. The Balaban J connectivity index is 0.000000270. The van der Waals surface area contributed by atoms with E-state index in [0.29, 0.717) is 31.7 Å². The third kappa shape index (κ3) is 16.1. The van der Waals surface area contributed by atoms with E-state index < -0.39 is 64.2 Å². The molecule has 0 atom stereocenters. The van der Waals surface area contributed by atoms with E-state index in [-0.39, 0.29) is 81.2 Å². The normalized spacial score (nSPS) is 16.4. The van der Waals surface area contributed by atoms with Crippen LogP contribution in [-0.4, -0.2) is 112 Å². The van der Waals surface area contributed by atoms with Gasteiger partial charge in [-0.15, -0.1) is 0 Å². The van der Waals surface area contributed by atoms with Crippen molar-refractivity contribution in [2.24, 2.45) is 0 Å². The van der Waals surface area contributed by atoms with E-state index in [9.17, 15) is 44.0 Å². The van der Waals surface area contributed by atoms with E-state index in [1.54, 1.807) is 78.2 Å². The van der Waals surface area contributed by atoms with Gasteiger partial charge in [0.2, 0.25) is 11.8 Å². The number of hydrogen-bond donors (Lipinski definition) is 0. The molecule has 386 valence electrons. The number of ether oxygens (including phenoxy) is 4. The molecule has 2 aromatic carbocycles. The Morgan fingerprint density at radius 1 is 0.600 bits per heavy atom. The lowest BCUT2D eigenvalue weighted by atomic mass is 9.99. The molecule has 0 aliphatic carbocycles. The first-order valence-corrected chi connectivity index (χ1v) is 27.6. The summed E-state index contributed by atoms with van der Waals surface area (Å²) in [5.74, 6) is -6.73. The zero-order chi connectivity index (χ0) is 52.4. The maximum atomic E-state index is 13.6. The summed E-state index contributed by atoms with van der Waals surface area (Å²) in [6.45, 7) is 12.7. The lowest BCUT2D eigenvalue weighted by molar-refractivity contribution is -0.161. The summed E-state index contributed by atoms with van der Waals surface area (Å²) in [5, 5.41) is 0. The van der Waals surface area contributed by atoms with Crippen molar-refractivity contribution in [1.82, 2.24) is 19.9 Å². The summed E-state index contributed by atoms with van der Waals surface area (Å²) >= 11 is 5.17. The van der Waals surface area contributed by atoms with Gasteiger partial charge >= 0.3 is 11.9 Å². The van der Waals surface area contributed by atoms with Crippen molar-refractivity contribution >= 4 is 70.1 Å². The Morgan fingerprint density at radius 2 is 0.971 bits per heavy atom. The molecule has 2 saturated heterocycles. The van der Waals surface area contributed by atoms with Crippen LogP contribution in [0.3, 0.4) is 0 Å². The van der Waals surface area contributed by atoms with Crippen LogP contribution in [0.25, 0.3) is 22.5 Å². The van der Waals surface area contributed by atoms with Crippen LogP contribution in [0.4, 0.5) is 17.6 Å².